The number of thioether (sulfide) groups is 1. The van der Waals surface area contributed by atoms with E-state index in [-0.39, 0.29) is 11.7 Å². The Kier molecular flexibility index (Phi) is 5.06. The molecule has 26 heavy (non-hydrogen) atoms. The molecular weight excluding hydrogens is 383 g/mol. The number of hydrogen-bond acceptors (Lipinski definition) is 4. The smallest absolute Gasteiger partial charge is 0.416 e. The van der Waals surface area contributed by atoms with Crippen molar-refractivity contribution < 1.29 is 22.4 Å². The summed E-state index contributed by atoms with van der Waals surface area (Å²) in [6.07, 6.45) is -1.32. The Bertz CT molecular complexity index is 915. The number of alkyl halides is 3. The highest BCUT2D eigenvalue weighted by molar-refractivity contribution is 8.26. The second-order valence-corrected chi connectivity index (χ2v) is 7.04. The highest BCUT2D eigenvalue weighted by Crippen LogP contribution is 2.35. The van der Waals surface area contributed by atoms with Crippen molar-refractivity contribution in [1.29, 1.82) is 0 Å². The third-order valence-electron chi connectivity index (χ3n) is 3.56. The monoisotopic (exact) mass is 395 g/mol. The van der Waals surface area contributed by atoms with E-state index in [2.05, 4.69) is 6.58 Å². The van der Waals surface area contributed by atoms with Crippen LogP contribution in [0, 0.1) is 0 Å². The van der Waals surface area contributed by atoms with Crippen LogP contribution in [-0.2, 0) is 11.0 Å². The number of amides is 1. The summed E-state index contributed by atoms with van der Waals surface area (Å²) in [5, 5.41) is 0. The predicted molar refractivity (Wildman–Crippen MR) is 99.2 cm³/mol. The number of halogens is 3. The average Bonchev–Trinajstić information content (AvgIpc) is 3.15. The van der Waals surface area contributed by atoms with Crippen molar-refractivity contribution in [3.8, 4) is 11.3 Å². The molecule has 1 fully saturated rings. The number of hydrogen-bond donors (Lipinski definition) is 0. The third-order valence-corrected chi connectivity index (χ3v) is 4.94. The number of thiocarbonyl (C=S) groups is 1. The molecule has 0 N–H and O–H groups in total. The summed E-state index contributed by atoms with van der Waals surface area (Å²) in [6.45, 7) is 3.90. The van der Waals surface area contributed by atoms with Gasteiger partial charge in [0.1, 0.15) is 15.8 Å². The average molecular weight is 395 g/mol. The largest absolute Gasteiger partial charge is 0.457 e. The second-order valence-electron chi connectivity index (χ2n) is 5.36. The van der Waals surface area contributed by atoms with Crippen LogP contribution in [0.15, 0.2) is 58.4 Å². The highest BCUT2D eigenvalue weighted by atomic mass is 32.2. The van der Waals surface area contributed by atoms with E-state index in [4.69, 9.17) is 16.6 Å². The van der Waals surface area contributed by atoms with E-state index in [0.717, 1.165) is 23.9 Å². The molecule has 1 saturated heterocycles. The van der Waals surface area contributed by atoms with Crippen LogP contribution < -0.4 is 0 Å². The SMILES string of the molecule is C=CCN1C(=O)/C(=C/c2ccc(-c3cccc(C(F)(F)F)c3)o2)SC1=S. The Morgan fingerprint density at radius 1 is 1.27 bits per heavy atom. The summed E-state index contributed by atoms with van der Waals surface area (Å²) in [5.41, 5.74) is -0.447. The molecule has 0 atom stereocenters. The predicted octanol–water partition coefficient (Wildman–Crippen LogP) is 5.35. The molecule has 1 aromatic heterocycles. The lowest BCUT2D eigenvalue weighted by atomic mass is 10.1. The van der Waals surface area contributed by atoms with Crippen molar-refractivity contribution >= 4 is 40.3 Å². The summed E-state index contributed by atoms with van der Waals surface area (Å²) in [7, 11) is 0. The van der Waals surface area contributed by atoms with Gasteiger partial charge in [0, 0.05) is 18.2 Å². The van der Waals surface area contributed by atoms with Crippen LogP contribution >= 0.6 is 24.0 Å². The van der Waals surface area contributed by atoms with Crippen LogP contribution in [0.25, 0.3) is 17.4 Å². The highest BCUT2D eigenvalue weighted by Gasteiger charge is 2.32. The molecule has 134 valence electrons. The van der Waals surface area contributed by atoms with Crippen molar-refractivity contribution in [2.45, 2.75) is 6.18 Å². The maximum atomic E-state index is 12.8. The summed E-state index contributed by atoms with van der Waals surface area (Å²) in [4.78, 5) is 14.1. The molecule has 0 saturated carbocycles. The zero-order valence-corrected chi connectivity index (χ0v) is 14.9. The summed E-state index contributed by atoms with van der Waals surface area (Å²) in [5.74, 6) is 0.386. The Hall–Kier alpha value is -2.32. The molecule has 2 aromatic rings. The van der Waals surface area contributed by atoms with Gasteiger partial charge in [-0.15, -0.1) is 6.58 Å². The molecule has 8 heteroatoms. The molecule has 0 bridgehead atoms. The van der Waals surface area contributed by atoms with E-state index in [1.807, 2.05) is 0 Å². The lowest BCUT2D eigenvalue weighted by molar-refractivity contribution is -0.137. The number of furan rings is 1. The van der Waals surface area contributed by atoms with Gasteiger partial charge in [0.15, 0.2) is 0 Å². The van der Waals surface area contributed by atoms with Gasteiger partial charge < -0.3 is 4.42 Å². The van der Waals surface area contributed by atoms with E-state index < -0.39 is 11.7 Å². The molecule has 0 aliphatic carbocycles. The Balaban J connectivity index is 1.86. The Morgan fingerprint density at radius 3 is 2.73 bits per heavy atom. The van der Waals surface area contributed by atoms with Gasteiger partial charge >= 0.3 is 6.18 Å². The van der Waals surface area contributed by atoms with Gasteiger partial charge in [-0.1, -0.05) is 42.2 Å². The molecular formula is C18H12F3NO2S2. The molecule has 3 rings (SSSR count). The van der Waals surface area contributed by atoms with Gasteiger partial charge in [0.25, 0.3) is 5.91 Å². The van der Waals surface area contributed by atoms with Crippen molar-refractivity contribution in [3.05, 3.63) is 65.3 Å². The summed E-state index contributed by atoms with van der Waals surface area (Å²) < 4.78 is 44.5. The first-order chi connectivity index (χ1) is 12.3. The quantitative estimate of drug-likeness (QED) is 0.397. The van der Waals surface area contributed by atoms with Crippen LogP contribution in [0.4, 0.5) is 13.2 Å². The Morgan fingerprint density at radius 2 is 2.04 bits per heavy atom. The van der Waals surface area contributed by atoms with Gasteiger partial charge in [-0.2, -0.15) is 13.2 Å². The molecule has 0 spiro atoms. The first-order valence-corrected chi connectivity index (χ1v) is 8.66. The van der Waals surface area contributed by atoms with Crippen molar-refractivity contribution in [1.82, 2.24) is 4.90 Å². The van der Waals surface area contributed by atoms with E-state index in [9.17, 15) is 18.0 Å². The molecule has 1 aromatic carbocycles. The first-order valence-electron chi connectivity index (χ1n) is 7.43. The standard InChI is InChI=1S/C18H12F3NO2S2/c1-2-8-22-16(23)15(26-17(22)25)10-13-6-7-14(24-13)11-4-3-5-12(9-11)18(19,20)21/h2-7,9-10H,1,8H2/b15-10-. The fourth-order valence-electron chi connectivity index (χ4n) is 2.35. The van der Waals surface area contributed by atoms with Gasteiger partial charge in [0.2, 0.25) is 0 Å². The molecule has 3 nitrogen and oxygen atoms in total. The maximum Gasteiger partial charge on any atom is 0.416 e. The van der Waals surface area contributed by atoms with E-state index >= 15 is 0 Å². The van der Waals surface area contributed by atoms with E-state index in [0.29, 0.717) is 27.1 Å². The lowest BCUT2D eigenvalue weighted by Gasteiger charge is -2.10. The zero-order chi connectivity index (χ0) is 18.9. The summed E-state index contributed by atoms with van der Waals surface area (Å²) >= 11 is 6.29. The zero-order valence-electron chi connectivity index (χ0n) is 13.2. The van der Waals surface area contributed by atoms with Crippen LogP contribution in [0.5, 0.6) is 0 Å². The minimum absolute atomic E-state index is 0.253. The van der Waals surface area contributed by atoms with E-state index in [1.165, 1.54) is 23.1 Å². The fraction of sp³-hybridized carbons (Fsp3) is 0.111. The number of rotatable bonds is 4. The van der Waals surface area contributed by atoms with Gasteiger partial charge in [-0.05, 0) is 24.3 Å². The fourth-order valence-corrected chi connectivity index (χ4v) is 3.61. The number of benzene rings is 1. The van der Waals surface area contributed by atoms with Crippen molar-refractivity contribution in [2.24, 2.45) is 0 Å². The van der Waals surface area contributed by atoms with Crippen LogP contribution in [0.1, 0.15) is 11.3 Å². The number of carbonyl (C=O) groups is 1. The molecule has 0 radical (unpaired) electrons. The summed E-state index contributed by atoms with van der Waals surface area (Å²) in [6, 6.07) is 8.02. The molecule has 1 amide bonds. The van der Waals surface area contributed by atoms with Gasteiger partial charge in [0.05, 0.1) is 10.5 Å². The lowest BCUT2D eigenvalue weighted by Crippen LogP contribution is -2.27. The van der Waals surface area contributed by atoms with Crippen molar-refractivity contribution in [3.63, 3.8) is 0 Å². The normalized spacial score (nSPS) is 16.6. The minimum Gasteiger partial charge on any atom is -0.457 e. The molecule has 1 aliphatic heterocycles. The molecule has 2 heterocycles. The number of carbonyl (C=O) groups excluding carboxylic acids is 1. The first kappa shape index (κ1) is 18.5. The number of nitrogens with zero attached hydrogens (tertiary/aromatic N) is 1. The van der Waals surface area contributed by atoms with Crippen LogP contribution in [0.3, 0.4) is 0 Å². The van der Waals surface area contributed by atoms with Gasteiger partial charge in [-0.3, -0.25) is 9.69 Å². The maximum absolute atomic E-state index is 12.8. The molecule has 1 aliphatic rings. The Labute approximate surface area is 157 Å². The second kappa shape index (κ2) is 7.13. The third kappa shape index (κ3) is 3.76. The van der Waals surface area contributed by atoms with Gasteiger partial charge in [-0.25, -0.2) is 0 Å². The van der Waals surface area contributed by atoms with E-state index in [1.54, 1.807) is 18.2 Å². The molecule has 0 unspecified atom stereocenters. The van der Waals surface area contributed by atoms with Crippen LogP contribution in [0.2, 0.25) is 0 Å². The topological polar surface area (TPSA) is 33.5 Å². The van der Waals surface area contributed by atoms with Crippen LogP contribution in [-0.4, -0.2) is 21.7 Å². The van der Waals surface area contributed by atoms with Crippen molar-refractivity contribution in [2.75, 3.05) is 6.54 Å². The minimum atomic E-state index is -4.43.